The Morgan fingerprint density at radius 3 is 3.16 bits per heavy atom. The second-order valence-corrected chi connectivity index (χ2v) is 5.00. The molecule has 1 fully saturated rings. The molecular weight excluding hydrogens is 266 g/mol. The minimum atomic E-state index is -0.125. The van der Waals surface area contributed by atoms with Gasteiger partial charge < -0.3 is 9.64 Å². The molecule has 5 nitrogen and oxygen atoms in total. The van der Waals surface area contributed by atoms with Gasteiger partial charge in [0.1, 0.15) is 10.8 Å². The summed E-state index contributed by atoms with van der Waals surface area (Å²) in [4.78, 5) is 22.0. The van der Waals surface area contributed by atoms with Gasteiger partial charge in [-0.25, -0.2) is 4.98 Å². The van der Waals surface area contributed by atoms with Crippen LogP contribution in [-0.4, -0.2) is 46.6 Å². The van der Waals surface area contributed by atoms with Crippen molar-refractivity contribution in [3.05, 3.63) is 23.2 Å². The van der Waals surface area contributed by atoms with E-state index in [0.717, 1.165) is 32.4 Å². The maximum atomic E-state index is 12.3. The van der Waals surface area contributed by atoms with Crippen LogP contribution in [0.2, 0.25) is 5.15 Å². The number of aromatic nitrogens is 2. The van der Waals surface area contributed by atoms with Gasteiger partial charge in [0.25, 0.3) is 5.91 Å². The lowest BCUT2D eigenvalue weighted by Crippen LogP contribution is -2.43. The van der Waals surface area contributed by atoms with Gasteiger partial charge in [0.2, 0.25) is 0 Å². The molecule has 0 aromatic carbocycles. The average molecular weight is 284 g/mol. The van der Waals surface area contributed by atoms with Gasteiger partial charge in [-0.3, -0.25) is 9.78 Å². The first-order valence-electron chi connectivity index (χ1n) is 6.59. The fourth-order valence-corrected chi connectivity index (χ4v) is 2.30. The quantitative estimate of drug-likeness (QED) is 0.850. The van der Waals surface area contributed by atoms with Crippen LogP contribution in [0, 0.1) is 0 Å². The molecule has 0 bridgehead atoms. The summed E-state index contributed by atoms with van der Waals surface area (Å²) in [6.07, 6.45) is 5.94. The van der Waals surface area contributed by atoms with Crippen molar-refractivity contribution in [2.45, 2.75) is 32.3 Å². The maximum Gasteiger partial charge on any atom is 0.274 e. The van der Waals surface area contributed by atoms with Gasteiger partial charge in [-0.2, -0.15) is 0 Å². The number of piperidine rings is 1. The van der Waals surface area contributed by atoms with E-state index in [2.05, 4.69) is 16.9 Å². The molecule has 2 heterocycles. The molecule has 1 amide bonds. The zero-order valence-corrected chi connectivity index (χ0v) is 11.8. The first-order chi connectivity index (χ1) is 9.20. The number of hydrogen-bond donors (Lipinski definition) is 0. The molecule has 104 valence electrons. The smallest absolute Gasteiger partial charge is 0.274 e. The topological polar surface area (TPSA) is 55.3 Å². The van der Waals surface area contributed by atoms with Crippen LogP contribution in [0.1, 0.15) is 36.7 Å². The molecule has 2 rings (SSSR count). The van der Waals surface area contributed by atoms with Crippen LogP contribution < -0.4 is 0 Å². The second kappa shape index (κ2) is 6.82. The van der Waals surface area contributed by atoms with Crippen LogP contribution in [0.3, 0.4) is 0 Å². The van der Waals surface area contributed by atoms with Crippen LogP contribution in [-0.2, 0) is 4.74 Å². The molecular formula is C13H18ClN3O2. The van der Waals surface area contributed by atoms with Crippen LogP contribution >= 0.6 is 11.6 Å². The molecule has 1 aromatic rings. The molecule has 1 aromatic heterocycles. The number of carbonyl (C=O) groups is 1. The monoisotopic (exact) mass is 283 g/mol. The van der Waals surface area contributed by atoms with Gasteiger partial charge in [-0.15, -0.1) is 0 Å². The van der Waals surface area contributed by atoms with Crippen molar-refractivity contribution in [1.82, 2.24) is 14.9 Å². The first-order valence-corrected chi connectivity index (χ1v) is 6.97. The predicted octanol–water partition coefficient (Wildman–Crippen LogP) is 2.16. The summed E-state index contributed by atoms with van der Waals surface area (Å²) >= 11 is 5.76. The van der Waals surface area contributed by atoms with E-state index in [1.807, 2.05) is 0 Å². The van der Waals surface area contributed by atoms with Crippen molar-refractivity contribution in [1.29, 1.82) is 0 Å². The Hall–Kier alpha value is -1.20. The fourth-order valence-electron chi connectivity index (χ4n) is 2.15. The Kier molecular flexibility index (Phi) is 5.10. The highest BCUT2D eigenvalue weighted by molar-refractivity contribution is 6.29. The summed E-state index contributed by atoms with van der Waals surface area (Å²) in [5, 5.41) is 0.238. The standard InChI is InChI=1S/C13H18ClN3O2/c1-2-6-19-10-4-3-5-17(9-10)13(18)11-7-15-8-12(14)16-11/h7-8,10H,2-6,9H2,1H3. The van der Waals surface area contributed by atoms with Crippen molar-refractivity contribution < 1.29 is 9.53 Å². The molecule has 0 radical (unpaired) electrons. The van der Waals surface area contributed by atoms with Crippen molar-refractivity contribution in [3.63, 3.8) is 0 Å². The molecule has 6 heteroatoms. The highest BCUT2D eigenvalue weighted by Crippen LogP contribution is 2.16. The molecule has 1 aliphatic heterocycles. The van der Waals surface area contributed by atoms with Gasteiger partial charge in [0.05, 0.1) is 18.5 Å². The number of likely N-dealkylation sites (tertiary alicyclic amines) is 1. The van der Waals surface area contributed by atoms with Gasteiger partial charge in [0.15, 0.2) is 0 Å². The van der Waals surface area contributed by atoms with Crippen molar-refractivity contribution >= 4 is 17.5 Å². The molecule has 0 saturated carbocycles. The van der Waals surface area contributed by atoms with E-state index < -0.39 is 0 Å². The summed E-state index contributed by atoms with van der Waals surface area (Å²) < 4.78 is 5.72. The Morgan fingerprint density at radius 1 is 1.58 bits per heavy atom. The van der Waals surface area contributed by atoms with Gasteiger partial charge >= 0.3 is 0 Å². The summed E-state index contributed by atoms with van der Waals surface area (Å²) in [5.41, 5.74) is 0.295. The Balaban J connectivity index is 1.99. The van der Waals surface area contributed by atoms with Gasteiger partial charge in [-0.05, 0) is 19.3 Å². The van der Waals surface area contributed by atoms with Gasteiger partial charge in [0, 0.05) is 19.7 Å². The van der Waals surface area contributed by atoms with E-state index in [1.54, 1.807) is 4.90 Å². The Labute approximate surface area is 117 Å². The van der Waals surface area contributed by atoms with Crippen molar-refractivity contribution in [2.75, 3.05) is 19.7 Å². The third-order valence-corrected chi connectivity index (χ3v) is 3.23. The minimum absolute atomic E-state index is 0.125. The predicted molar refractivity (Wildman–Crippen MR) is 72.2 cm³/mol. The molecule has 1 unspecified atom stereocenters. The number of amides is 1. The van der Waals surface area contributed by atoms with E-state index in [0.29, 0.717) is 12.2 Å². The molecule has 1 aliphatic rings. The van der Waals surface area contributed by atoms with Crippen LogP contribution in [0.25, 0.3) is 0 Å². The zero-order chi connectivity index (χ0) is 13.7. The number of carbonyl (C=O) groups excluding carboxylic acids is 1. The van der Waals surface area contributed by atoms with E-state index in [9.17, 15) is 4.79 Å². The highest BCUT2D eigenvalue weighted by atomic mass is 35.5. The molecule has 1 saturated heterocycles. The minimum Gasteiger partial charge on any atom is -0.376 e. The second-order valence-electron chi connectivity index (χ2n) is 4.61. The lowest BCUT2D eigenvalue weighted by atomic mass is 10.1. The van der Waals surface area contributed by atoms with Crippen LogP contribution in [0.5, 0.6) is 0 Å². The van der Waals surface area contributed by atoms with Crippen molar-refractivity contribution in [2.24, 2.45) is 0 Å². The molecule has 1 atom stereocenters. The van der Waals surface area contributed by atoms with E-state index in [4.69, 9.17) is 16.3 Å². The van der Waals surface area contributed by atoms with Crippen LogP contribution in [0.4, 0.5) is 0 Å². The van der Waals surface area contributed by atoms with Gasteiger partial charge in [-0.1, -0.05) is 18.5 Å². The number of ether oxygens (including phenoxy) is 1. The Bertz CT molecular complexity index is 442. The van der Waals surface area contributed by atoms with Crippen molar-refractivity contribution in [3.8, 4) is 0 Å². The largest absolute Gasteiger partial charge is 0.376 e. The third-order valence-electron chi connectivity index (χ3n) is 3.05. The lowest BCUT2D eigenvalue weighted by molar-refractivity contribution is 0.00191. The third kappa shape index (κ3) is 3.88. The van der Waals surface area contributed by atoms with E-state index >= 15 is 0 Å². The highest BCUT2D eigenvalue weighted by Gasteiger charge is 2.25. The lowest BCUT2D eigenvalue weighted by Gasteiger charge is -2.32. The number of halogens is 1. The van der Waals surface area contributed by atoms with Crippen LogP contribution in [0.15, 0.2) is 12.4 Å². The normalized spacial score (nSPS) is 19.5. The fraction of sp³-hybridized carbons (Fsp3) is 0.615. The number of rotatable bonds is 4. The van der Waals surface area contributed by atoms with E-state index in [1.165, 1.54) is 12.4 Å². The average Bonchev–Trinajstić information content (AvgIpc) is 2.44. The first kappa shape index (κ1) is 14.2. The number of hydrogen-bond acceptors (Lipinski definition) is 4. The molecule has 0 spiro atoms. The summed E-state index contributed by atoms with van der Waals surface area (Å²) in [5.74, 6) is -0.125. The summed E-state index contributed by atoms with van der Waals surface area (Å²) in [6.45, 7) is 4.17. The molecule has 0 aliphatic carbocycles. The molecule has 19 heavy (non-hydrogen) atoms. The summed E-state index contributed by atoms with van der Waals surface area (Å²) in [6, 6.07) is 0. The zero-order valence-electron chi connectivity index (χ0n) is 11.0. The Morgan fingerprint density at radius 2 is 2.42 bits per heavy atom. The number of nitrogens with zero attached hydrogens (tertiary/aromatic N) is 3. The maximum absolute atomic E-state index is 12.3. The molecule has 0 N–H and O–H groups in total. The van der Waals surface area contributed by atoms with E-state index in [-0.39, 0.29) is 17.2 Å². The summed E-state index contributed by atoms with van der Waals surface area (Å²) in [7, 11) is 0. The SMILES string of the molecule is CCCOC1CCCN(C(=O)c2cncc(Cl)n2)C1.